The molecule has 7 heteroatoms. The van der Waals surface area contributed by atoms with E-state index in [9.17, 15) is 4.79 Å². The molecule has 1 aliphatic heterocycles. The van der Waals surface area contributed by atoms with Gasteiger partial charge in [0.2, 0.25) is 5.13 Å². The number of aromatic nitrogens is 2. The Labute approximate surface area is 111 Å². The largest absolute Gasteiger partial charge is 0.356 e. The second-order valence-electron chi connectivity index (χ2n) is 4.88. The van der Waals surface area contributed by atoms with Crippen LogP contribution in [0, 0.1) is 0 Å². The summed E-state index contributed by atoms with van der Waals surface area (Å²) in [5.41, 5.74) is 5.30. The minimum absolute atomic E-state index is 0.221. The van der Waals surface area contributed by atoms with Crippen LogP contribution in [0.1, 0.15) is 38.4 Å². The van der Waals surface area contributed by atoms with Crippen LogP contribution in [-0.2, 0) is 0 Å². The van der Waals surface area contributed by atoms with Gasteiger partial charge in [-0.1, -0.05) is 13.8 Å². The van der Waals surface area contributed by atoms with Gasteiger partial charge in [0.05, 0.1) is 0 Å². The van der Waals surface area contributed by atoms with Gasteiger partial charge >= 0.3 is 6.03 Å². The molecule has 2 rings (SSSR count). The summed E-state index contributed by atoms with van der Waals surface area (Å²) >= 11 is 1.37. The number of carbonyl (C=O) groups excluding carboxylic acids is 1. The van der Waals surface area contributed by atoms with Crippen LogP contribution in [0.15, 0.2) is 0 Å². The summed E-state index contributed by atoms with van der Waals surface area (Å²) in [6, 6.07) is -0.124. The number of nitrogens with one attached hydrogen (secondary N) is 1. The molecule has 0 bridgehead atoms. The van der Waals surface area contributed by atoms with Crippen molar-refractivity contribution in [2.45, 2.75) is 38.6 Å². The summed E-state index contributed by atoms with van der Waals surface area (Å²) in [6.07, 6.45) is 2.00. The van der Waals surface area contributed by atoms with E-state index in [2.05, 4.69) is 28.5 Å². The van der Waals surface area contributed by atoms with Crippen LogP contribution in [-0.4, -0.2) is 39.4 Å². The van der Waals surface area contributed by atoms with Crippen LogP contribution in [0.4, 0.5) is 9.93 Å². The third-order valence-corrected chi connectivity index (χ3v) is 3.68. The Balaban J connectivity index is 1.94. The van der Waals surface area contributed by atoms with Gasteiger partial charge in [-0.2, -0.15) is 4.37 Å². The highest BCUT2D eigenvalue weighted by Crippen LogP contribution is 2.20. The van der Waals surface area contributed by atoms with E-state index in [1.807, 2.05) is 0 Å². The van der Waals surface area contributed by atoms with Crippen LogP contribution in [0.25, 0.3) is 0 Å². The predicted molar refractivity (Wildman–Crippen MR) is 71.8 cm³/mol. The second-order valence-corrected chi connectivity index (χ2v) is 5.63. The van der Waals surface area contributed by atoms with Gasteiger partial charge in [0, 0.05) is 36.6 Å². The smallest absolute Gasteiger partial charge is 0.314 e. The minimum atomic E-state index is -0.346. The number of hydrogen-bond acceptors (Lipinski definition) is 5. The van der Waals surface area contributed by atoms with E-state index in [0.29, 0.717) is 12.5 Å². The van der Waals surface area contributed by atoms with Crippen molar-refractivity contribution in [3.05, 3.63) is 5.82 Å². The highest BCUT2D eigenvalue weighted by atomic mass is 32.1. The van der Waals surface area contributed by atoms with Gasteiger partial charge in [0.1, 0.15) is 5.82 Å². The summed E-state index contributed by atoms with van der Waals surface area (Å²) in [5, 5.41) is 4.17. The molecular weight excluding hydrogens is 250 g/mol. The summed E-state index contributed by atoms with van der Waals surface area (Å²) in [6.45, 7) is 5.54. The standard InChI is InChI=1S/C11H19N5OS/c1-7(2)9-14-11(18-15-9)13-8-4-3-5-16(6-8)10(12)17/h7-8H,3-6H2,1-2H3,(H2,12,17)(H,13,14,15). The summed E-state index contributed by atoms with van der Waals surface area (Å²) in [4.78, 5) is 17.2. The van der Waals surface area contributed by atoms with Gasteiger partial charge in [-0.15, -0.1) is 0 Å². The molecule has 1 unspecified atom stereocenters. The fourth-order valence-corrected chi connectivity index (χ4v) is 2.78. The molecule has 1 aliphatic rings. The lowest BCUT2D eigenvalue weighted by atomic mass is 10.1. The zero-order valence-electron chi connectivity index (χ0n) is 10.7. The lowest BCUT2D eigenvalue weighted by Gasteiger charge is -2.31. The average Bonchev–Trinajstić information content (AvgIpc) is 2.78. The Hall–Kier alpha value is -1.37. The molecule has 2 heterocycles. The van der Waals surface area contributed by atoms with Crippen molar-refractivity contribution in [3.8, 4) is 0 Å². The molecule has 6 nitrogen and oxygen atoms in total. The number of nitrogens with two attached hydrogens (primary N) is 1. The quantitative estimate of drug-likeness (QED) is 0.873. The van der Waals surface area contributed by atoms with Gasteiger partial charge in [-0.05, 0) is 12.8 Å². The van der Waals surface area contributed by atoms with Crippen LogP contribution in [0.3, 0.4) is 0 Å². The lowest BCUT2D eigenvalue weighted by molar-refractivity contribution is 0.192. The van der Waals surface area contributed by atoms with Crippen LogP contribution < -0.4 is 11.1 Å². The average molecular weight is 269 g/mol. The summed E-state index contributed by atoms with van der Waals surface area (Å²) in [5.74, 6) is 1.20. The number of amides is 2. The van der Waals surface area contributed by atoms with E-state index in [1.165, 1.54) is 11.5 Å². The van der Waals surface area contributed by atoms with Gasteiger partial charge in [0.15, 0.2) is 0 Å². The van der Waals surface area contributed by atoms with Crippen molar-refractivity contribution in [2.24, 2.45) is 5.73 Å². The molecular formula is C11H19N5OS. The first kappa shape index (κ1) is 13.1. The fraction of sp³-hybridized carbons (Fsp3) is 0.727. The third-order valence-electron chi connectivity index (χ3n) is 3.02. The summed E-state index contributed by atoms with van der Waals surface area (Å²) in [7, 11) is 0. The van der Waals surface area contributed by atoms with Crippen LogP contribution >= 0.6 is 11.5 Å². The number of urea groups is 1. The molecule has 1 aromatic heterocycles. The van der Waals surface area contributed by atoms with Crippen molar-refractivity contribution in [1.29, 1.82) is 0 Å². The predicted octanol–water partition coefficient (Wildman–Crippen LogP) is 1.62. The van der Waals surface area contributed by atoms with E-state index in [0.717, 1.165) is 30.3 Å². The SMILES string of the molecule is CC(C)c1nsc(NC2CCCN(C(N)=O)C2)n1. The molecule has 0 saturated carbocycles. The van der Waals surface area contributed by atoms with Crippen molar-refractivity contribution in [2.75, 3.05) is 18.4 Å². The molecule has 1 aromatic rings. The maximum absolute atomic E-state index is 11.1. The number of anilines is 1. The zero-order chi connectivity index (χ0) is 13.1. The van der Waals surface area contributed by atoms with E-state index >= 15 is 0 Å². The normalized spacial score (nSPS) is 20.2. The Morgan fingerprint density at radius 2 is 2.39 bits per heavy atom. The minimum Gasteiger partial charge on any atom is -0.356 e. The Kier molecular flexibility index (Phi) is 4.00. The van der Waals surface area contributed by atoms with Crippen molar-refractivity contribution < 1.29 is 4.79 Å². The summed E-state index contributed by atoms with van der Waals surface area (Å²) < 4.78 is 4.30. The van der Waals surface area contributed by atoms with Crippen molar-refractivity contribution in [3.63, 3.8) is 0 Å². The van der Waals surface area contributed by atoms with Gasteiger partial charge in [0.25, 0.3) is 0 Å². The van der Waals surface area contributed by atoms with Gasteiger partial charge in [-0.3, -0.25) is 0 Å². The molecule has 1 fully saturated rings. The molecule has 18 heavy (non-hydrogen) atoms. The number of primary amides is 1. The first-order valence-corrected chi connectivity index (χ1v) is 6.98. The van der Waals surface area contributed by atoms with E-state index in [-0.39, 0.29) is 12.1 Å². The lowest BCUT2D eigenvalue weighted by Crippen LogP contribution is -2.47. The number of piperidine rings is 1. The molecule has 2 amide bonds. The van der Waals surface area contributed by atoms with Gasteiger partial charge in [-0.25, -0.2) is 9.78 Å². The monoisotopic (exact) mass is 269 g/mol. The van der Waals surface area contributed by atoms with E-state index < -0.39 is 0 Å². The molecule has 1 atom stereocenters. The highest BCUT2D eigenvalue weighted by molar-refractivity contribution is 7.09. The van der Waals surface area contributed by atoms with Crippen LogP contribution in [0.5, 0.6) is 0 Å². The molecule has 0 aromatic carbocycles. The Morgan fingerprint density at radius 3 is 3.00 bits per heavy atom. The number of rotatable bonds is 3. The van der Waals surface area contributed by atoms with Crippen molar-refractivity contribution >= 4 is 22.7 Å². The molecule has 100 valence electrons. The maximum atomic E-state index is 11.1. The number of carbonyl (C=O) groups is 1. The van der Waals surface area contributed by atoms with E-state index in [4.69, 9.17) is 5.73 Å². The number of likely N-dealkylation sites (tertiary alicyclic amines) is 1. The van der Waals surface area contributed by atoms with Crippen LogP contribution in [0.2, 0.25) is 0 Å². The molecule has 0 spiro atoms. The van der Waals surface area contributed by atoms with Crippen molar-refractivity contribution in [1.82, 2.24) is 14.3 Å². The fourth-order valence-electron chi connectivity index (χ4n) is 2.00. The zero-order valence-corrected chi connectivity index (χ0v) is 11.5. The molecule has 1 saturated heterocycles. The first-order valence-electron chi connectivity index (χ1n) is 6.20. The van der Waals surface area contributed by atoms with E-state index in [1.54, 1.807) is 4.90 Å². The van der Waals surface area contributed by atoms with Gasteiger partial charge < -0.3 is 16.0 Å². The second kappa shape index (κ2) is 5.51. The maximum Gasteiger partial charge on any atom is 0.314 e. The third kappa shape index (κ3) is 3.10. The Morgan fingerprint density at radius 1 is 1.61 bits per heavy atom. The Bertz CT molecular complexity index is 419. The molecule has 3 N–H and O–H groups in total. The topological polar surface area (TPSA) is 84.1 Å². The molecule has 0 radical (unpaired) electrons. The molecule has 0 aliphatic carbocycles. The number of nitrogens with zero attached hydrogens (tertiary/aromatic N) is 3. The first-order chi connectivity index (χ1) is 8.56. The number of hydrogen-bond donors (Lipinski definition) is 2. The highest BCUT2D eigenvalue weighted by Gasteiger charge is 2.22.